The number of alkyl halides is 3. The minimum atomic E-state index is -4.53. The first-order valence-corrected chi connectivity index (χ1v) is 14.3. The zero-order chi connectivity index (χ0) is 29.2. The molecule has 0 unspecified atom stereocenters. The molecule has 5 rings (SSSR count). The van der Waals surface area contributed by atoms with Gasteiger partial charge in [-0.15, -0.1) is 5.10 Å². The Kier molecular flexibility index (Phi) is 8.02. The highest BCUT2D eigenvalue weighted by molar-refractivity contribution is 7.89. The first kappa shape index (κ1) is 28.6. The van der Waals surface area contributed by atoms with Crippen molar-refractivity contribution in [3.8, 4) is 11.5 Å². The molecular weight excluding hydrogens is 559 g/mol. The van der Waals surface area contributed by atoms with E-state index >= 15 is 0 Å². The predicted octanol–water partition coefficient (Wildman–Crippen LogP) is 5.02. The smallest absolute Gasteiger partial charge is 0.416 e. The monoisotopic (exact) mass is 587 g/mol. The molecule has 2 N–H and O–H groups in total. The number of ether oxygens (including phenoxy) is 1. The number of hydrogen-bond donors (Lipinski definition) is 2. The summed E-state index contributed by atoms with van der Waals surface area (Å²) in [5, 5.41) is 20.9. The molecule has 0 saturated heterocycles. The molecule has 0 saturated carbocycles. The number of para-hydroxylation sites is 1. The lowest BCUT2D eigenvalue weighted by Gasteiger charge is -2.29. The molecule has 2 heterocycles. The van der Waals surface area contributed by atoms with E-state index in [-0.39, 0.29) is 59.9 Å². The lowest BCUT2D eigenvalue weighted by Crippen LogP contribution is -2.33. The van der Waals surface area contributed by atoms with Crippen LogP contribution in [0.1, 0.15) is 35.7 Å². The maximum atomic E-state index is 14.2. The van der Waals surface area contributed by atoms with E-state index in [1.165, 1.54) is 33.4 Å². The summed E-state index contributed by atoms with van der Waals surface area (Å²) in [6.07, 6.45) is -2.54. The molecular formula is C28H28F3N5O4S. The fraction of sp³-hybridized carbons (Fsp3) is 0.286. The van der Waals surface area contributed by atoms with Crippen LogP contribution in [0.25, 0.3) is 0 Å². The van der Waals surface area contributed by atoms with Gasteiger partial charge in [-0.2, -0.15) is 17.5 Å². The van der Waals surface area contributed by atoms with Crippen molar-refractivity contribution in [3.63, 3.8) is 0 Å². The molecule has 0 amide bonds. The van der Waals surface area contributed by atoms with Gasteiger partial charge in [0.25, 0.3) is 0 Å². The number of nitrogens with one attached hydrogen (secondary N) is 1. The van der Waals surface area contributed by atoms with E-state index in [1.54, 1.807) is 42.5 Å². The fourth-order valence-electron chi connectivity index (χ4n) is 4.65. The predicted molar refractivity (Wildman–Crippen MR) is 145 cm³/mol. The maximum Gasteiger partial charge on any atom is 0.416 e. The van der Waals surface area contributed by atoms with Gasteiger partial charge in [-0.25, -0.2) is 13.1 Å². The number of aromatic nitrogens is 3. The molecule has 1 aliphatic heterocycles. The highest BCUT2D eigenvalue weighted by Crippen LogP contribution is 2.41. The van der Waals surface area contributed by atoms with Gasteiger partial charge in [0.2, 0.25) is 10.0 Å². The standard InChI is InChI=1S/C28H28F3N5O4S/c1-2-21(18-37)32-24-11-7-13-26-27(24)41(38,39)36(15-20-9-4-6-12-25(20)40-26)17-22-16-35(34-33-22)14-19-8-3-5-10-23(19)28(29,30)31/h3-13,16,21,32,37H,2,14-15,17-18H2,1H3/t21-/m0/s1. The second kappa shape index (κ2) is 11.5. The third-order valence-electron chi connectivity index (χ3n) is 6.77. The molecule has 0 fully saturated rings. The molecule has 41 heavy (non-hydrogen) atoms. The van der Waals surface area contributed by atoms with Gasteiger partial charge in [0.05, 0.1) is 42.8 Å². The molecule has 9 nitrogen and oxygen atoms in total. The van der Waals surface area contributed by atoms with Crippen LogP contribution in [-0.4, -0.2) is 45.5 Å². The first-order chi connectivity index (χ1) is 19.6. The summed E-state index contributed by atoms with van der Waals surface area (Å²) in [6.45, 7) is 1.23. The molecule has 13 heteroatoms. The van der Waals surface area contributed by atoms with Gasteiger partial charge in [-0.1, -0.05) is 54.6 Å². The number of fused-ring (bicyclic) bond motifs is 2. The van der Waals surface area contributed by atoms with Gasteiger partial charge in [-0.05, 0) is 36.2 Å². The SMILES string of the molecule is CC[C@@H](CO)Nc1cccc2c1S(=O)(=O)N(Cc1cn(Cc3ccccc3C(F)(F)F)nn1)Cc1ccccc1O2. The zero-order valence-corrected chi connectivity index (χ0v) is 22.9. The van der Waals surface area contributed by atoms with E-state index in [0.29, 0.717) is 17.7 Å². The Morgan fingerprint density at radius 3 is 2.51 bits per heavy atom. The summed E-state index contributed by atoms with van der Waals surface area (Å²) >= 11 is 0. The Morgan fingerprint density at radius 1 is 1.02 bits per heavy atom. The number of hydrogen-bond acceptors (Lipinski definition) is 7. The van der Waals surface area contributed by atoms with E-state index in [9.17, 15) is 26.7 Å². The quantitative estimate of drug-likeness (QED) is 0.298. The van der Waals surface area contributed by atoms with Crippen molar-refractivity contribution in [1.29, 1.82) is 0 Å². The van der Waals surface area contributed by atoms with Crippen LogP contribution in [0.15, 0.2) is 77.8 Å². The van der Waals surface area contributed by atoms with E-state index in [0.717, 1.165) is 6.07 Å². The molecule has 1 atom stereocenters. The third kappa shape index (κ3) is 6.06. The number of nitrogens with zero attached hydrogens (tertiary/aromatic N) is 4. The van der Waals surface area contributed by atoms with Crippen LogP contribution in [0.2, 0.25) is 0 Å². The van der Waals surface area contributed by atoms with Crippen molar-refractivity contribution in [1.82, 2.24) is 19.3 Å². The van der Waals surface area contributed by atoms with Crippen molar-refractivity contribution >= 4 is 15.7 Å². The number of sulfonamides is 1. The van der Waals surface area contributed by atoms with Gasteiger partial charge >= 0.3 is 6.18 Å². The molecule has 1 aromatic heterocycles. The first-order valence-electron chi connectivity index (χ1n) is 12.9. The average molecular weight is 588 g/mol. The summed E-state index contributed by atoms with van der Waals surface area (Å²) in [7, 11) is -4.21. The molecule has 1 aliphatic rings. The second-order valence-electron chi connectivity index (χ2n) is 9.61. The minimum Gasteiger partial charge on any atom is -0.456 e. The van der Waals surface area contributed by atoms with Crippen LogP contribution >= 0.6 is 0 Å². The van der Waals surface area contributed by atoms with Gasteiger partial charge in [0.1, 0.15) is 16.4 Å². The summed E-state index contributed by atoms with van der Waals surface area (Å²) in [4.78, 5) is -0.0899. The summed E-state index contributed by atoms with van der Waals surface area (Å²) in [6, 6.07) is 16.7. The zero-order valence-electron chi connectivity index (χ0n) is 22.0. The lowest BCUT2D eigenvalue weighted by atomic mass is 10.1. The Hall–Kier alpha value is -3.94. The minimum absolute atomic E-state index is 0.0143. The van der Waals surface area contributed by atoms with Gasteiger partial charge < -0.3 is 15.2 Å². The number of aliphatic hydroxyl groups is 1. The van der Waals surface area contributed by atoms with E-state index < -0.39 is 21.8 Å². The maximum absolute atomic E-state index is 14.2. The molecule has 3 aromatic carbocycles. The highest BCUT2D eigenvalue weighted by atomic mass is 32.2. The van der Waals surface area contributed by atoms with E-state index in [1.807, 2.05) is 6.92 Å². The summed E-state index contributed by atoms with van der Waals surface area (Å²) in [5.74, 6) is 0.597. The number of aliphatic hydroxyl groups excluding tert-OH is 1. The van der Waals surface area contributed by atoms with Gasteiger partial charge in [-0.3, -0.25) is 0 Å². The molecule has 0 bridgehead atoms. The lowest BCUT2D eigenvalue weighted by molar-refractivity contribution is -0.138. The number of halogens is 3. The van der Waals surface area contributed by atoms with Crippen molar-refractivity contribution < 1.29 is 31.4 Å². The molecule has 0 spiro atoms. The van der Waals surface area contributed by atoms with Gasteiger partial charge in [0.15, 0.2) is 0 Å². The molecule has 4 aromatic rings. The Balaban J connectivity index is 1.51. The summed E-state index contributed by atoms with van der Waals surface area (Å²) in [5.41, 5.74) is 0.393. The summed E-state index contributed by atoms with van der Waals surface area (Å²) < 4.78 is 77.4. The van der Waals surface area contributed by atoms with Crippen LogP contribution in [-0.2, 0) is 35.8 Å². The van der Waals surface area contributed by atoms with Gasteiger partial charge in [0, 0.05) is 18.2 Å². The number of benzene rings is 3. The fourth-order valence-corrected chi connectivity index (χ4v) is 6.29. The Labute approximate surface area is 235 Å². The van der Waals surface area contributed by atoms with Crippen LogP contribution in [0.5, 0.6) is 11.5 Å². The van der Waals surface area contributed by atoms with E-state index in [2.05, 4.69) is 15.6 Å². The Morgan fingerprint density at radius 2 is 1.76 bits per heavy atom. The molecule has 0 aliphatic carbocycles. The molecule has 0 radical (unpaired) electrons. The topological polar surface area (TPSA) is 110 Å². The van der Waals surface area contributed by atoms with Crippen molar-refractivity contribution in [2.24, 2.45) is 0 Å². The van der Waals surface area contributed by atoms with Crippen molar-refractivity contribution in [3.05, 3.63) is 95.3 Å². The highest BCUT2D eigenvalue weighted by Gasteiger charge is 2.35. The second-order valence-corrected chi connectivity index (χ2v) is 11.5. The Bertz CT molecular complexity index is 1640. The van der Waals surface area contributed by atoms with Crippen LogP contribution in [0.3, 0.4) is 0 Å². The van der Waals surface area contributed by atoms with Crippen LogP contribution in [0.4, 0.5) is 18.9 Å². The largest absolute Gasteiger partial charge is 0.456 e. The number of anilines is 1. The van der Waals surface area contributed by atoms with E-state index in [4.69, 9.17) is 4.74 Å². The normalized spacial score (nSPS) is 15.6. The van der Waals surface area contributed by atoms with Crippen molar-refractivity contribution in [2.45, 2.75) is 50.1 Å². The van der Waals surface area contributed by atoms with Crippen LogP contribution in [0, 0.1) is 0 Å². The van der Waals surface area contributed by atoms with Crippen LogP contribution < -0.4 is 10.1 Å². The third-order valence-corrected chi connectivity index (χ3v) is 8.64. The number of rotatable bonds is 8. The average Bonchev–Trinajstić information content (AvgIpc) is 3.38. The molecule has 216 valence electrons. The van der Waals surface area contributed by atoms with Crippen molar-refractivity contribution in [2.75, 3.05) is 11.9 Å².